The molecule has 0 radical (unpaired) electrons. The molecule has 0 bridgehead atoms. The molecule has 0 fully saturated rings. The summed E-state index contributed by atoms with van der Waals surface area (Å²) < 4.78 is 2.60. The molecular formula is C5H8N6O. The third kappa shape index (κ3) is 1.64. The van der Waals surface area contributed by atoms with Gasteiger partial charge in [-0.1, -0.05) is 5.11 Å². The van der Waals surface area contributed by atoms with Crippen LogP contribution in [-0.4, -0.2) is 20.9 Å². The molecule has 0 unspecified atom stereocenters. The van der Waals surface area contributed by atoms with Gasteiger partial charge < -0.3 is 0 Å². The zero-order valence-electron chi connectivity index (χ0n) is 6.58. The number of aromatic nitrogens is 3. The Balaban J connectivity index is 2.70. The van der Waals surface area contributed by atoms with E-state index in [9.17, 15) is 4.79 Å². The topological polar surface area (TPSA) is 88.6 Å². The van der Waals surface area contributed by atoms with E-state index in [0.717, 1.165) is 0 Å². The molecule has 7 heteroatoms. The molecule has 0 N–H and O–H groups in total. The fourth-order valence-corrected chi connectivity index (χ4v) is 0.758. The molecule has 0 amide bonds. The lowest BCUT2D eigenvalue weighted by Crippen LogP contribution is -2.23. The molecule has 12 heavy (non-hydrogen) atoms. The summed E-state index contributed by atoms with van der Waals surface area (Å²) in [5.41, 5.74) is 7.76. The molecule has 1 aromatic heterocycles. The number of rotatable bonds is 3. The maximum atomic E-state index is 11.1. The van der Waals surface area contributed by atoms with Gasteiger partial charge in [-0.2, -0.15) is 5.10 Å². The third-order valence-corrected chi connectivity index (χ3v) is 1.36. The van der Waals surface area contributed by atoms with Gasteiger partial charge >= 0.3 is 5.69 Å². The van der Waals surface area contributed by atoms with Crippen molar-refractivity contribution in [1.29, 1.82) is 0 Å². The van der Waals surface area contributed by atoms with E-state index in [-0.39, 0.29) is 12.2 Å². The zero-order valence-corrected chi connectivity index (χ0v) is 6.58. The van der Waals surface area contributed by atoms with Gasteiger partial charge in [0, 0.05) is 18.5 Å². The SMILES string of the molecule is Cn1cnn(CCN=[N+]=[N-])c1=O. The van der Waals surface area contributed by atoms with Gasteiger partial charge in [0.05, 0.1) is 6.54 Å². The largest absolute Gasteiger partial charge is 0.345 e. The molecule has 0 saturated carbocycles. The van der Waals surface area contributed by atoms with E-state index in [1.54, 1.807) is 7.05 Å². The first-order valence-corrected chi connectivity index (χ1v) is 3.35. The summed E-state index contributed by atoms with van der Waals surface area (Å²) in [7, 11) is 1.61. The molecule has 0 aliphatic rings. The summed E-state index contributed by atoms with van der Waals surface area (Å²) in [6.45, 7) is 0.567. The van der Waals surface area contributed by atoms with Crippen molar-refractivity contribution in [3.05, 3.63) is 27.3 Å². The molecule has 7 nitrogen and oxygen atoms in total. The van der Waals surface area contributed by atoms with Crippen molar-refractivity contribution in [2.75, 3.05) is 6.54 Å². The van der Waals surface area contributed by atoms with Crippen LogP contribution in [0.2, 0.25) is 0 Å². The van der Waals surface area contributed by atoms with E-state index in [4.69, 9.17) is 5.53 Å². The van der Waals surface area contributed by atoms with Crippen molar-refractivity contribution >= 4 is 0 Å². The van der Waals surface area contributed by atoms with Crippen LogP contribution in [0.4, 0.5) is 0 Å². The Morgan fingerprint density at radius 2 is 2.58 bits per heavy atom. The zero-order chi connectivity index (χ0) is 8.97. The first-order chi connectivity index (χ1) is 5.75. The lowest BCUT2D eigenvalue weighted by atomic mass is 10.7. The van der Waals surface area contributed by atoms with Crippen molar-refractivity contribution in [2.24, 2.45) is 12.2 Å². The van der Waals surface area contributed by atoms with Crippen molar-refractivity contribution < 1.29 is 0 Å². The van der Waals surface area contributed by atoms with Crippen LogP contribution in [-0.2, 0) is 13.6 Å². The van der Waals surface area contributed by atoms with Gasteiger partial charge in [0.2, 0.25) is 0 Å². The van der Waals surface area contributed by atoms with Crippen LogP contribution in [0, 0.1) is 0 Å². The minimum absolute atomic E-state index is 0.205. The molecule has 0 aliphatic carbocycles. The average Bonchev–Trinajstić information content (AvgIpc) is 2.36. The first-order valence-electron chi connectivity index (χ1n) is 3.35. The summed E-state index contributed by atoms with van der Waals surface area (Å²) >= 11 is 0. The van der Waals surface area contributed by atoms with Crippen LogP contribution < -0.4 is 5.69 Å². The molecule has 1 aromatic rings. The lowest BCUT2D eigenvalue weighted by Gasteiger charge is -1.91. The molecule has 1 heterocycles. The second-order valence-electron chi connectivity index (χ2n) is 2.20. The Bertz CT molecular complexity index is 356. The first kappa shape index (κ1) is 8.35. The molecule has 1 rings (SSSR count). The predicted octanol–water partition coefficient (Wildman–Crippen LogP) is -0.108. The van der Waals surface area contributed by atoms with E-state index < -0.39 is 0 Å². The number of hydrogen-bond donors (Lipinski definition) is 0. The molecule has 0 atom stereocenters. The minimum Gasteiger partial charge on any atom is -0.285 e. The molecule has 0 spiro atoms. The maximum Gasteiger partial charge on any atom is 0.345 e. The van der Waals surface area contributed by atoms with Crippen LogP contribution >= 0.6 is 0 Å². The van der Waals surface area contributed by atoms with E-state index in [1.807, 2.05) is 0 Å². The second kappa shape index (κ2) is 3.59. The number of aryl methyl sites for hydroxylation is 1. The summed E-state index contributed by atoms with van der Waals surface area (Å²) in [5.74, 6) is 0. The van der Waals surface area contributed by atoms with E-state index in [1.165, 1.54) is 15.6 Å². The van der Waals surface area contributed by atoms with Crippen LogP contribution in [0.3, 0.4) is 0 Å². The summed E-state index contributed by atoms with van der Waals surface area (Å²) in [6, 6.07) is 0. The van der Waals surface area contributed by atoms with Crippen molar-refractivity contribution in [3.8, 4) is 0 Å². The van der Waals surface area contributed by atoms with Gasteiger partial charge in [0.1, 0.15) is 6.33 Å². The lowest BCUT2D eigenvalue weighted by molar-refractivity contribution is 0.593. The van der Waals surface area contributed by atoms with Gasteiger partial charge in [0.25, 0.3) is 0 Å². The van der Waals surface area contributed by atoms with Crippen LogP contribution in [0.15, 0.2) is 16.2 Å². The normalized spacial score (nSPS) is 9.42. The minimum atomic E-state index is -0.205. The summed E-state index contributed by atoms with van der Waals surface area (Å²) in [5, 5.41) is 7.06. The van der Waals surface area contributed by atoms with Crippen LogP contribution in [0.5, 0.6) is 0 Å². The van der Waals surface area contributed by atoms with E-state index in [2.05, 4.69) is 15.1 Å². The van der Waals surface area contributed by atoms with Gasteiger partial charge in [-0.3, -0.25) is 4.57 Å². The fraction of sp³-hybridized carbons (Fsp3) is 0.600. The van der Waals surface area contributed by atoms with E-state index in [0.29, 0.717) is 6.54 Å². The second-order valence-corrected chi connectivity index (χ2v) is 2.20. The van der Waals surface area contributed by atoms with Gasteiger partial charge in [0.15, 0.2) is 0 Å². The van der Waals surface area contributed by atoms with Crippen molar-refractivity contribution in [1.82, 2.24) is 14.3 Å². The van der Waals surface area contributed by atoms with Crippen LogP contribution in [0.25, 0.3) is 10.4 Å². The molecular weight excluding hydrogens is 160 g/mol. The Morgan fingerprint density at radius 1 is 1.83 bits per heavy atom. The van der Waals surface area contributed by atoms with E-state index >= 15 is 0 Å². The Morgan fingerprint density at radius 3 is 3.08 bits per heavy atom. The maximum absolute atomic E-state index is 11.1. The number of nitrogens with zero attached hydrogens (tertiary/aromatic N) is 6. The average molecular weight is 168 g/mol. The highest BCUT2D eigenvalue weighted by Gasteiger charge is 1.98. The van der Waals surface area contributed by atoms with Crippen molar-refractivity contribution in [2.45, 2.75) is 6.54 Å². The van der Waals surface area contributed by atoms with Gasteiger partial charge in [-0.25, -0.2) is 9.48 Å². The molecule has 0 aromatic carbocycles. The van der Waals surface area contributed by atoms with Gasteiger partial charge in [-0.05, 0) is 5.53 Å². The fourth-order valence-electron chi connectivity index (χ4n) is 0.758. The summed E-state index contributed by atoms with van der Waals surface area (Å²) in [6.07, 6.45) is 1.42. The Kier molecular flexibility index (Phi) is 2.49. The van der Waals surface area contributed by atoms with Crippen LogP contribution in [0.1, 0.15) is 0 Å². The van der Waals surface area contributed by atoms with Crippen molar-refractivity contribution in [3.63, 3.8) is 0 Å². The van der Waals surface area contributed by atoms with Gasteiger partial charge in [-0.15, -0.1) is 0 Å². The molecule has 0 aliphatic heterocycles. The highest BCUT2D eigenvalue weighted by atomic mass is 16.2. The molecule has 0 saturated heterocycles. The Labute approximate surface area is 67.9 Å². The highest BCUT2D eigenvalue weighted by Crippen LogP contribution is 1.78. The Hall–Kier alpha value is -1.75. The quantitative estimate of drug-likeness (QED) is 0.358. The highest BCUT2D eigenvalue weighted by molar-refractivity contribution is 4.65. The smallest absolute Gasteiger partial charge is 0.285 e. The number of azide groups is 1. The monoisotopic (exact) mass is 168 g/mol. The number of hydrogen-bond acceptors (Lipinski definition) is 3. The molecule has 64 valence electrons. The summed E-state index contributed by atoms with van der Waals surface area (Å²) in [4.78, 5) is 13.7. The third-order valence-electron chi connectivity index (χ3n) is 1.36. The predicted molar refractivity (Wildman–Crippen MR) is 41.5 cm³/mol. The standard InChI is InChI=1S/C5H8N6O/c1-10-4-8-11(5(10)12)3-2-7-9-6/h4H,2-3H2,1H3.